The maximum absolute atomic E-state index is 4.22. The second kappa shape index (κ2) is 5.45. The van der Waals surface area contributed by atoms with Crippen molar-refractivity contribution in [3.05, 3.63) is 47.5 Å². The van der Waals surface area contributed by atoms with Gasteiger partial charge in [0.1, 0.15) is 5.82 Å². The van der Waals surface area contributed by atoms with Gasteiger partial charge in [-0.15, -0.1) is 0 Å². The Balaban J connectivity index is 1.51. The summed E-state index contributed by atoms with van der Waals surface area (Å²) in [5.74, 6) is 1.04. The molecule has 0 saturated heterocycles. The molecule has 0 aliphatic carbocycles. The zero-order valence-corrected chi connectivity index (χ0v) is 11.3. The molecule has 1 aliphatic heterocycles. The molecule has 0 bridgehead atoms. The van der Waals surface area contributed by atoms with Crippen molar-refractivity contribution in [3.63, 3.8) is 0 Å². The number of nitrogens with one attached hydrogen (secondary N) is 2. The molecule has 2 heterocycles. The highest BCUT2D eigenvalue weighted by Gasteiger charge is 2.15. The molecule has 4 heteroatoms. The minimum Gasteiger partial charge on any atom is -0.374 e. The van der Waals surface area contributed by atoms with Crippen LogP contribution in [0, 0.1) is 0 Å². The highest BCUT2D eigenvalue weighted by atomic mass is 15.1. The van der Waals surface area contributed by atoms with Crippen LogP contribution in [-0.2, 0) is 19.4 Å². The van der Waals surface area contributed by atoms with E-state index in [1.165, 1.54) is 23.2 Å². The third kappa shape index (κ3) is 2.79. The van der Waals surface area contributed by atoms with Crippen LogP contribution >= 0.6 is 0 Å². The van der Waals surface area contributed by atoms with Crippen molar-refractivity contribution in [2.75, 3.05) is 25.0 Å². The van der Waals surface area contributed by atoms with Gasteiger partial charge < -0.3 is 15.2 Å². The number of aromatic amines is 1. The molecule has 3 rings (SSSR count). The molecule has 19 heavy (non-hydrogen) atoms. The summed E-state index contributed by atoms with van der Waals surface area (Å²) in [5.41, 5.74) is 4.24. The normalized spacial score (nSPS) is 13.8. The molecule has 0 unspecified atom stereocenters. The lowest BCUT2D eigenvalue weighted by atomic mass is 10.1. The Morgan fingerprint density at radius 1 is 1.42 bits per heavy atom. The van der Waals surface area contributed by atoms with Gasteiger partial charge in [0, 0.05) is 51.2 Å². The molecule has 1 aliphatic rings. The summed E-state index contributed by atoms with van der Waals surface area (Å²) in [5, 5.41) is 3.47. The number of hydrogen-bond donors (Lipinski definition) is 2. The van der Waals surface area contributed by atoms with Crippen LogP contribution in [0.2, 0.25) is 0 Å². The van der Waals surface area contributed by atoms with Crippen molar-refractivity contribution >= 4 is 5.69 Å². The number of fused-ring (bicyclic) bond motifs is 1. The number of likely N-dealkylation sites (N-methyl/N-ethyl adjacent to an activating group) is 1. The van der Waals surface area contributed by atoms with E-state index in [2.05, 4.69) is 45.4 Å². The van der Waals surface area contributed by atoms with Crippen molar-refractivity contribution < 1.29 is 0 Å². The zero-order valence-electron chi connectivity index (χ0n) is 11.3. The van der Waals surface area contributed by atoms with Crippen LogP contribution < -0.4 is 10.2 Å². The fourth-order valence-corrected chi connectivity index (χ4v) is 2.60. The number of H-pyrrole nitrogens is 1. The Labute approximate surface area is 113 Å². The molecule has 0 spiro atoms. The first-order valence-electron chi connectivity index (χ1n) is 6.85. The molecule has 0 radical (unpaired) electrons. The lowest BCUT2D eigenvalue weighted by molar-refractivity contribution is 0.673. The molecule has 100 valence electrons. The van der Waals surface area contributed by atoms with Gasteiger partial charge in [-0.3, -0.25) is 0 Å². The highest BCUT2D eigenvalue weighted by Crippen LogP contribution is 2.27. The summed E-state index contributed by atoms with van der Waals surface area (Å²) in [6, 6.07) is 6.80. The predicted octanol–water partition coefficient (Wildman–Crippen LogP) is 1.73. The minimum atomic E-state index is 0.928. The van der Waals surface area contributed by atoms with Crippen LogP contribution in [0.3, 0.4) is 0 Å². The van der Waals surface area contributed by atoms with E-state index in [4.69, 9.17) is 0 Å². The topological polar surface area (TPSA) is 44.0 Å². The van der Waals surface area contributed by atoms with E-state index in [9.17, 15) is 0 Å². The van der Waals surface area contributed by atoms with Gasteiger partial charge >= 0.3 is 0 Å². The van der Waals surface area contributed by atoms with E-state index in [1.54, 1.807) is 6.20 Å². The number of imidazole rings is 1. The van der Waals surface area contributed by atoms with Gasteiger partial charge in [-0.05, 0) is 23.6 Å². The molecule has 4 nitrogen and oxygen atoms in total. The van der Waals surface area contributed by atoms with Gasteiger partial charge in [0.2, 0.25) is 0 Å². The van der Waals surface area contributed by atoms with Gasteiger partial charge in [0.25, 0.3) is 0 Å². The monoisotopic (exact) mass is 256 g/mol. The second-order valence-corrected chi connectivity index (χ2v) is 5.10. The van der Waals surface area contributed by atoms with Crippen molar-refractivity contribution in [3.8, 4) is 0 Å². The first-order chi connectivity index (χ1) is 9.33. The molecular weight excluding hydrogens is 236 g/mol. The summed E-state index contributed by atoms with van der Waals surface area (Å²) in [4.78, 5) is 9.66. The average Bonchev–Trinajstić information content (AvgIpc) is 3.05. The van der Waals surface area contributed by atoms with Gasteiger partial charge in [-0.1, -0.05) is 12.1 Å². The summed E-state index contributed by atoms with van der Waals surface area (Å²) in [6.07, 6.45) is 5.78. The number of anilines is 1. The molecule has 0 atom stereocenters. The van der Waals surface area contributed by atoms with Crippen LogP contribution in [0.1, 0.15) is 17.0 Å². The summed E-state index contributed by atoms with van der Waals surface area (Å²) in [7, 11) is 2.16. The number of benzene rings is 1. The van der Waals surface area contributed by atoms with Gasteiger partial charge in [0.05, 0.1) is 0 Å². The van der Waals surface area contributed by atoms with Crippen LogP contribution in [0.15, 0.2) is 30.6 Å². The Hall–Kier alpha value is -1.81. The minimum absolute atomic E-state index is 0.928. The smallest absolute Gasteiger partial charge is 0.107 e. The van der Waals surface area contributed by atoms with Gasteiger partial charge in [-0.25, -0.2) is 4.98 Å². The fraction of sp³-hybridized carbons (Fsp3) is 0.400. The first kappa shape index (κ1) is 12.2. The van der Waals surface area contributed by atoms with Crippen LogP contribution in [0.25, 0.3) is 0 Å². The Morgan fingerprint density at radius 2 is 2.37 bits per heavy atom. The van der Waals surface area contributed by atoms with Gasteiger partial charge in [-0.2, -0.15) is 0 Å². The third-order valence-corrected chi connectivity index (χ3v) is 3.69. The molecule has 0 fully saturated rings. The Bertz CT molecular complexity index is 533. The zero-order chi connectivity index (χ0) is 13.1. The number of nitrogens with zero attached hydrogens (tertiary/aromatic N) is 2. The maximum Gasteiger partial charge on any atom is 0.107 e. The number of rotatable bonds is 5. The molecule has 2 aromatic rings. The number of aromatic nitrogens is 2. The van der Waals surface area contributed by atoms with Crippen molar-refractivity contribution in [2.24, 2.45) is 0 Å². The van der Waals surface area contributed by atoms with E-state index in [0.29, 0.717) is 0 Å². The van der Waals surface area contributed by atoms with Crippen molar-refractivity contribution in [1.29, 1.82) is 0 Å². The molecule has 0 saturated carbocycles. The van der Waals surface area contributed by atoms with Crippen molar-refractivity contribution in [1.82, 2.24) is 15.3 Å². The lowest BCUT2D eigenvalue weighted by Gasteiger charge is -2.12. The molecular formula is C15H20N4. The lowest BCUT2D eigenvalue weighted by Crippen LogP contribution is -2.17. The second-order valence-electron chi connectivity index (χ2n) is 5.10. The standard InChI is InChI=1S/C15H20N4/c1-19-9-5-13-10-12(2-3-14(13)19)11-16-6-4-15-17-7-8-18-15/h2-3,7-8,10,16H,4-6,9,11H2,1H3,(H,17,18). The van der Waals surface area contributed by atoms with Crippen molar-refractivity contribution in [2.45, 2.75) is 19.4 Å². The van der Waals surface area contributed by atoms with Crippen LogP contribution in [-0.4, -0.2) is 30.1 Å². The average molecular weight is 256 g/mol. The van der Waals surface area contributed by atoms with Gasteiger partial charge in [0.15, 0.2) is 0 Å². The third-order valence-electron chi connectivity index (χ3n) is 3.69. The SMILES string of the molecule is CN1CCc2cc(CNCCc3ncc[nH]3)ccc21. The summed E-state index contributed by atoms with van der Waals surface area (Å²) in [6.45, 7) is 3.02. The molecule has 0 amide bonds. The summed E-state index contributed by atoms with van der Waals surface area (Å²) < 4.78 is 0. The van der Waals surface area contributed by atoms with Crippen LogP contribution in [0.4, 0.5) is 5.69 Å². The molecule has 1 aromatic heterocycles. The predicted molar refractivity (Wildman–Crippen MR) is 77.4 cm³/mol. The molecule has 2 N–H and O–H groups in total. The Morgan fingerprint density at radius 3 is 3.21 bits per heavy atom. The number of hydrogen-bond acceptors (Lipinski definition) is 3. The van der Waals surface area contributed by atoms with E-state index in [1.807, 2.05) is 6.20 Å². The molecule has 1 aromatic carbocycles. The first-order valence-corrected chi connectivity index (χ1v) is 6.85. The van der Waals surface area contributed by atoms with E-state index in [0.717, 1.165) is 31.9 Å². The largest absolute Gasteiger partial charge is 0.374 e. The fourth-order valence-electron chi connectivity index (χ4n) is 2.60. The van der Waals surface area contributed by atoms with E-state index >= 15 is 0 Å². The quantitative estimate of drug-likeness (QED) is 0.801. The summed E-state index contributed by atoms with van der Waals surface area (Å²) >= 11 is 0. The van der Waals surface area contributed by atoms with E-state index < -0.39 is 0 Å². The van der Waals surface area contributed by atoms with Crippen LogP contribution in [0.5, 0.6) is 0 Å². The van der Waals surface area contributed by atoms with E-state index in [-0.39, 0.29) is 0 Å². The maximum atomic E-state index is 4.22. The highest BCUT2D eigenvalue weighted by molar-refractivity contribution is 5.58. The Kier molecular flexibility index (Phi) is 3.51.